The van der Waals surface area contributed by atoms with Crippen LogP contribution in [0.25, 0.3) is 0 Å². The molecular weight excluding hydrogens is 271 g/mol. The minimum atomic E-state index is -0.328. The lowest BCUT2D eigenvalue weighted by Crippen LogP contribution is -2.36. The van der Waals surface area contributed by atoms with Gasteiger partial charge in [-0.15, -0.1) is 0 Å². The van der Waals surface area contributed by atoms with Gasteiger partial charge in [-0.05, 0) is 32.9 Å². The van der Waals surface area contributed by atoms with Crippen molar-refractivity contribution in [2.24, 2.45) is 0 Å². The SMILES string of the molecule is CNC(C)c1ccc(OCC(=O)NC2CCCC2)cc1F. The minimum Gasteiger partial charge on any atom is -0.484 e. The molecule has 0 spiro atoms. The summed E-state index contributed by atoms with van der Waals surface area (Å²) in [5.74, 6) is -0.0957. The molecule has 1 aliphatic rings. The van der Waals surface area contributed by atoms with Gasteiger partial charge >= 0.3 is 0 Å². The average Bonchev–Trinajstić information content (AvgIpc) is 2.97. The number of benzene rings is 1. The second-order valence-electron chi connectivity index (χ2n) is 5.53. The summed E-state index contributed by atoms with van der Waals surface area (Å²) in [6.45, 7) is 1.81. The smallest absolute Gasteiger partial charge is 0.258 e. The maximum absolute atomic E-state index is 13.9. The standard InChI is InChI=1S/C16H23FN2O2/c1-11(18-2)14-8-7-13(9-15(14)17)21-10-16(20)19-12-5-3-4-6-12/h7-9,11-12,18H,3-6,10H2,1-2H3,(H,19,20). The number of nitrogens with one attached hydrogen (secondary N) is 2. The third-order valence-corrected chi connectivity index (χ3v) is 3.96. The Morgan fingerprint density at radius 3 is 2.76 bits per heavy atom. The van der Waals surface area contributed by atoms with E-state index in [1.165, 1.54) is 18.9 Å². The molecule has 2 rings (SSSR count). The Bertz CT molecular complexity index is 487. The molecule has 4 nitrogen and oxygen atoms in total. The van der Waals surface area contributed by atoms with Gasteiger partial charge in [0.1, 0.15) is 11.6 Å². The first-order chi connectivity index (χ1) is 10.1. The Morgan fingerprint density at radius 1 is 1.43 bits per heavy atom. The molecule has 1 unspecified atom stereocenters. The Labute approximate surface area is 125 Å². The van der Waals surface area contributed by atoms with Gasteiger partial charge < -0.3 is 15.4 Å². The fraction of sp³-hybridized carbons (Fsp3) is 0.562. The van der Waals surface area contributed by atoms with E-state index in [0.717, 1.165) is 12.8 Å². The minimum absolute atomic E-state index is 0.0651. The molecule has 0 aromatic heterocycles. The van der Waals surface area contributed by atoms with E-state index in [2.05, 4.69) is 10.6 Å². The molecule has 116 valence electrons. The van der Waals surface area contributed by atoms with Crippen molar-refractivity contribution in [3.05, 3.63) is 29.6 Å². The number of hydrogen-bond acceptors (Lipinski definition) is 3. The van der Waals surface area contributed by atoms with Gasteiger partial charge in [0.05, 0.1) is 0 Å². The third-order valence-electron chi connectivity index (χ3n) is 3.96. The van der Waals surface area contributed by atoms with E-state index in [0.29, 0.717) is 11.3 Å². The summed E-state index contributed by atoms with van der Waals surface area (Å²) in [7, 11) is 1.78. The van der Waals surface area contributed by atoms with Crippen molar-refractivity contribution < 1.29 is 13.9 Å². The molecule has 5 heteroatoms. The van der Waals surface area contributed by atoms with Crippen molar-refractivity contribution in [3.8, 4) is 5.75 Å². The van der Waals surface area contributed by atoms with Gasteiger partial charge in [-0.25, -0.2) is 4.39 Å². The first kappa shape index (κ1) is 15.8. The molecule has 1 atom stereocenters. The van der Waals surface area contributed by atoms with Crippen LogP contribution in [0.1, 0.15) is 44.2 Å². The Kier molecular flexibility index (Phi) is 5.56. The van der Waals surface area contributed by atoms with Crippen LogP contribution in [0, 0.1) is 5.82 Å². The van der Waals surface area contributed by atoms with Crippen LogP contribution in [0.5, 0.6) is 5.75 Å². The van der Waals surface area contributed by atoms with Crippen LogP contribution in [0.3, 0.4) is 0 Å². The van der Waals surface area contributed by atoms with Gasteiger partial charge in [0.2, 0.25) is 0 Å². The number of hydrogen-bond donors (Lipinski definition) is 2. The molecule has 0 saturated heterocycles. The number of ether oxygens (including phenoxy) is 1. The molecule has 0 bridgehead atoms. The van der Waals surface area contributed by atoms with Gasteiger partial charge in [0.15, 0.2) is 6.61 Å². The van der Waals surface area contributed by atoms with E-state index in [-0.39, 0.29) is 30.4 Å². The summed E-state index contributed by atoms with van der Waals surface area (Å²) in [6.07, 6.45) is 4.41. The van der Waals surface area contributed by atoms with Crippen molar-refractivity contribution in [1.82, 2.24) is 10.6 Å². The number of carbonyl (C=O) groups is 1. The molecule has 1 aromatic rings. The maximum atomic E-state index is 13.9. The molecule has 1 aliphatic carbocycles. The topological polar surface area (TPSA) is 50.4 Å². The zero-order valence-electron chi connectivity index (χ0n) is 12.6. The van der Waals surface area contributed by atoms with E-state index < -0.39 is 0 Å². The second kappa shape index (κ2) is 7.41. The monoisotopic (exact) mass is 294 g/mol. The molecular formula is C16H23FN2O2. The Balaban J connectivity index is 1.85. The van der Waals surface area contributed by atoms with Crippen LogP contribution < -0.4 is 15.4 Å². The normalized spacial score (nSPS) is 16.7. The van der Waals surface area contributed by atoms with Crippen LogP contribution in [0.2, 0.25) is 0 Å². The summed E-state index contributed by atoms with van der Waals surface area (Å²) in [5.41, 5.74) is 0.584. The van der Waals surface area contributed by atoms with Crippen LogP contribution >= 0.6 is 0 Å². The van der Waals surface area contributed by atoms with E-state index in [9.17, 15) is 9.18 Å². The fourth-order valence-electron chi connectivity index (χ4n) is 2.59. The van der Waals surface area contributed by atoms with Crippen LogP contribution in [-0.2, 0) is 4.79 Å². The molecule has 0 radical (unpaired) electrons. The summed E-state index contributed by atoms with van der Waals surface area (Å²) < 4.78 is 19.3. The van der Waals surface area contributed by atoms with E-state index in [1.807, 2.05) is 6.92 Å². The summed E-state index contributed by atoms with van der Waals surface area (Å²) in [5, 5.41) is 5.92. The molecule has 0 heterocycles. The lowest BCUT2D eigenvalue weighted by molar-refractivity contribution is -0.123. The molecule has 21 heavy (non-hydrogen) atoms. The van der Waals surface area contributed by atoms with E-state index >= 15 is 0 Å². The molecule has 2 N–H and O–H groups in total. The molecule has 1 saturated carbocycles. The fourth-order valence-corrected chi connectivity index (χ4v) is 2.59. The van der Waals surface area contributed by atoms with Gasteiger partial charge in [0.25, 0.3) is 5.91 Å². The van der Waals surface area contributed by atoms with Gasteiger partial charge in [0, 0.05) is 23.7 Å². The highest BCUT2D eigenvalue weighted by atomic mass is 19.1. The third kappa shape index (κ3) is 4.43. The lowest BCUT2D eigenvalue weighted by Gasteiger charge is -2.14. The first-order valence-corrected chi connectivity index (χ1v) is 7.49. The van der Waals surface area contributed by atoms with Crippen molar-refractivity contribution in [2.45, 2.75) is 44.7 Å². The molecule has 1 amide bonds. The zero-order valence-corrected chi connectivity index (χ0v) is 12.6. The van der Waals surface area contributed by atoms with Gasteiger partial charge in [-0.3, -0.25) is 4.79 Å². The van der Waals surface area contributed by atoms with E-state index in [1.54, 1.807) is 19.2 Å². The highest BCUT2D eigenvalue weighted by Crippen LogP contribution is 2.22. The van der Waals surface area contributed by atoms with Crippen LogP contribution in [0.4, 0.5) is 4.39 Å². The van der Waals surface area contributed by atoms with Gasteiger partial charge in [-0.1, -0.05) is 18.9 Å². The van der Waals surface area contributed by atoms with Crippen molar-refractivity contribution in [2.75, 3.05) is 13.7 Å². The zero-order chi connectivity index (χ0) is 15.2. The summed E-state index contributed by atoms with van der Waals surface area (Å²) >= 11 is 0. The van der Waals surface area contributed by atoms with E-state index in [4.69, 9.17) is 4.74 Å². The second-order valence-corrected chi connectivity index (χ2v) is 5.53. The number of halogens is 1. The molecule has 1 fully saturated rings. The Hall–Kier alpha value is -1.62. The predicted octanol–water partition coefficient (Wildman–Crippen LogP) is 2.54. The summed E-state index contributed by atoms with van der Waals surface area (Å²) in [4.78, 5) is 11.7. The lowest BCUT2D eigenvalue weighted by atomic mass is 10.1. The highest BCUT2D eigenvalue weighted by Gasteiger charge is 2.17. The summed E-state index contributed by atoms with van der Waals surface area (Å²) in [6, 6.07) is 4.91. The van der Waals surface area contributed by atoms with Crippen molar-refractivity contribution in [1.29, 1.82) is 0 Å². The van der Waals surface area contributed by atoms with Crippen molar-refractivity contribution >= 4 is 5.91 Å². The number of carbonyl (C=O) groups excluding carboxylic acids is 1. The Morgan fingerprint density at radius 2 is 2.14 bits per heavy atom. The van der Waals surface area contributed by atoms with Crippen LogP contribution in [-0.4, -0.2) is 25.6 Å². The molecule has 0 aliphatic heterocycles. The number of amides is 1. The highest BCUT2D eigenvalue weighted by molar-refractivity contribution is 5.77. The average molecular weight is 294 g/mol. The van der Waals surface area contributed by atoms with Crippen LogP contribution in [0.15, 0.2) is 18.2 Å². The van der Waals surface area contributed by atoms with Gasteiger partial charge in [-0.2, -0.15) is 0 Å². The number of rotatable bonds is 6. The first-order valence-electron chi connectivity index (χ1n) is 7.49. The van der Waals surface area contributed by atoms with Crippen molar-refractivity contribution in [3.63, 3.8) is 0 Å². The predicted molar refractivity (Wildman–Crippen MR) is 79.8 cm³/mol. The largest absolute Gasteiger partial charge is 0.484 e. The quantitative estimate of drug-likeness (QED) is 0.847. The molecule has 1 aromatic carbocycles. The maximum Gasteiger partial charge on any atom is 0.258 e.